The van der Waals surface area contributed by atoms with Gasteiger partial charge in [0.05, 0.1) is 38.1 Å². The quantitative estimate of drug-likeness (QED) is 0.104. The molecule has 0 atom stereocenters. The van der Waals surface area contributed by atoms with Gasteiger partial charge in [-0.1, -0.05) is 121 Å². The van der Waals surface area contributed by atoms with Gasteiger partial charge in [0.15, 0.2) is 0 Å². The number of carbonyl (C=O) groups excluding carboxylic acids is 3. The number of hydrogen-bond donors (Lipinski definition) is 1. The van der Waals surface area contributed by atoms with Gasteiger partial charge in [-0.05, 0) is 129 Å². The van der Waals surface area contributed by atoms with Crippen molar-refractivity contribution >= 4 is 17.9 Å². The Hall–Kier alpha value is -4.83. The van der Waals surface area contributed by atoms with Gasteiger partial charge in [-0.15, -0.1) is 0 Å². The van der Waals surface area contributed by atoms with Crippen LogP contribution < -0.4 is 5.73 Å². The molecule has 10 rings (SSSR count). The lowest BCUT2D eigenvalue weighted by atomic mass is 9.44. The van der Waals surface area contributed by atoms with Gasteiger partial charge in [0, 0.05) is 44.3 Å². The molecular weight excluding hydrogens is 823 g/mol. The largest absolute Gasteiger partial charge is 0.469 e. The molecule has 6 fully saturated rings. The summed E-state index contributed by atoms with van der Waals surface area (Å²) in [5.74, 6) is 0.0164. The molecule has 0 saturated heterocycles. The molecule has 4 aromatic rings. The normalized spacial score (nSPS) is 32.1. The highest BCUT2D eigenvalue weighted by Crippen LogP contribution is 2.66. The third-order valence-corrected chi connectivity index (χ3v) is 16.3. The summed E-state index contributed by atoms with van der Waals surface area (Å²) in [6.07, 6.45) is 12.9. The second-order valence-electron chi connectivity index (χ2n) is 22.0. The maximum absolute atomic E-state index is 12.0. The molecule has 0 aliphatic heterocycles. The molecule has 4 aromatic carbocycles. The van der Waals surface area contributed by atoms with Gasteiger partial charge in [0.2, 0.25) is 0 Å². The number of carbonyl (C=O) groups is 3. The highest BCUT2D eigenvalue weighted by Gasteiger charge is 2.63. The summed E-state index contributed by atoms with van der Waals surface area (Å²) in [7, 11) is 4.47. The molecule has 6 saturated carbocycles. The van der Waals surface area contributed by atoms with Crippen LogP contribution in [-0.4, -0.2) is 67.2 Å². The monoisotopic (exact) mass is 896 g/mol. The third kappa shape index (κ3) is 10.6. The number of nitrogens with two attached hydrogens (primary N) is 1. The minimum absolute atomic E-state index is 0.0236. The van der Waals surface area contributed by atoms with E-state index in [2.05, 4.69) is 138 Å². The Labute approximate surface area is 393 Å². The summed E-state index contributed by atoms with van der Waals surface area (Å²) in [5.41, 5.74) is 11.9. The van der Waals surface area contributed by atoms with Crippen LogP contribution in [0.3, 0.4) is 0 Å². The van der Waals surface area contributed by atoms with Crippen molar-refractivity contribution in [3.8, 4) is 0 Å². The maximum atomic E-state index is 12.0. The van der Waals surface area contributed by atoms with Crippen LogP contribution in [0.4, 0.5) is 0 Å². The highest BCUT2D eigenvalue weighted by molar-refractivity contribution is 5.78. The molecule has 0 unspecified atom stereocenters. The molecule has 0 radical (unpaired) electrons. The maximum Gasteiger partial charge on any atom is 0.311 e. The number of rotatable bonds is 13. The fraction of sp³-hybridized carbons (Fsp3) is 0.526. The number of methoxy groups -OCH3 is 3. The molecule has 0 bridgehead atoms. The average Bonchev–Trinajstić information content (AvgIpc) is 3.26. The summed E-state index contributed by atoms with van der Waals surface area (Å²) in [6.45, 7) is 7.97. The van der Waals surface area contributed by atoms with E-state index in [9.17, 15) is 14.4 Å². The topological polar surface area (TPSA) is 111 Å². The summed E-state index contributed by atoms with van der Waals surface area (Å²) in [4.78, 5) is 40.3. The predicted octanol–water partition coefficient (Wildman–Crippen LogP) is 10.3. The number of esters is 3. The van der Waals surface area contributed by atoms with Gasteiger partial charge in [-0.25, -0.2) is 0 Å². The number of ether oxygens (including phenoxy) is 3. The van der Waals surface area contributed by atoms with Gasteiger partial charge in [0.1, 0.15) is 0 Å². The van der Waals surface area contributed by atoms with Crippen molar-refractivity contribution < 1.29 is 28.6 Å². The lowest BCUT2D eigenvalue weighted by molar-refractivity contribution is -0.183. The van der Waals surface area contributed by atoms with Crippen molar-refractivity contribution in [1.82, 2.24) is 9.80 Å². The van der Waals surface area contributed by atoms with Crippen molar-refractivity contribution in [2.45, 2.75) is 135 Å². The van der Waals surface area contributed by atoms with Crippen molar-refractivity contribution in [3.05, 3.63) is 144 Å². The smallest absolute Gasteiger partial charge is 0.311 e. The van der Waals surface area contributed by atoms with Crippen molar-refractivity contribution in [2.75, 3.05) is 21.3 Å². The summed E-state index contributed by atoms with van der Waals surface area (Å²) >= 11 is 0. The Bertz CT molecular complexity index is 2130. The van der Waals surface area contributed by atoms with Gasteiger partial charge in [-0.2, -0.15) is 0 Å². The van der Waals surface area contributed by atoms with Crippen molar-refractivity contribution in [1.29, 1.82) is 0 Å². The summed E-state index contributed by atoms with van der Waals surface area (Å²) in [6, 6.07) is 44.5. The molecule has 2 N–H and O–H groups in total. The van der Waals surface area contributed by atoms with Crippen LogP contribution in [0, 0.1) is 33.0 Å². The van der Waals surface area contributed by atoms with Crippen molar-refractivity contribution in [3.63, 3.8) is 0 Å². The Morgan fingerprint density at radius 1 is 0.470 bits per heavy atom. The first-order valence-corrected chi connectivity index (χ1v) is 24.3. The first kappa shape index (κ1) is 47.7. The van der Waals surface area contributed by atoms with Crippen LogP contribution in [0.2, 0.25) is 0 Å². The average molecular weight is 896 g/mol. The highest BCUT2D eigenvalue weighted by atomic mass is 16.5. The SMILES string of the molecule is COC(=O)C1(C)CC2(CC(N(Cc3ccccc3)Cc3ccccc3)C2)C1.COC(=O)C1(C)CC2(CC(N)C2)C1.COC(=O)C1CC2(C1)CC(N(Cc1ccccc1)Cc1ccccc1)C2. The molecule has 0 aromatic heterocycles. The fourth-order valence-electron chi connectivity index (χ4n) is 13.6. The Morgan fingerprint density at radius 3 is 1.06 bits per heavy atom. The van der Waals surface area contributed by atoms with E-state index in [1.54, 1.807) is 0 Å². The Kier molecular flexibility index (Phi) is 14.3. The molecule has 352 valence electrons. The van der Waals surface area contributed by atoms with E-state index >= 15 is 0 Å². The second-order valence-corrected chi connectivity index (χ2v) is 22.0. The van der Waals surface area contributed by atoms with E-state index in [1.807, 2.05) is 6.92 Å². The van der Waals surface area contributed by atoms with E-state index < -0.39 is 0 Å². The molecule has 0 heterocycles. The summed E-state index contributed by atoms with van der Waals surface area (Å²) in [5, 5.41) is 0. The van der Waals surface area contributed by atoms with Crippen LogP contribution in [0.1, 0.15) is 113 Å². The molecule has 6 aliphatic rings. The van der Waals surface area contributed by atoms with Crippen LogP contribution in [0.15, 0.2) is 121 Å². The fourth-order valence-corrected chi connectivity index (χ4v) is 13.6. The first-order chi connectivity index (χ1) is 31.7. The number of hydrogen-bond acceptors (Lipinski definition) is 9. The molecule has 6 aliphatic carbocycles. The van der Waals surface area contributed by atoms with Gasteiger partial charge in [0.25, 0.3) is 0 Å². The standard InChI is InChI=1S/C24H29NO2.C23H27NO2.C10H17NO2/c1-23(22(26)27-2)17-24(18-23)13-21(14-24)25(15-19-9-5-3-6-10-19)16-20-11-7-4-8-12-20;1-26-22(25)20-12-23(13-20)14-21(15-23)24(16-18-8-4-2-5-9-18)17-19-10-6-3-7-11-19;1-9(8(12)13-2)5-10(6-9)3-7(11)4-10/h3-12,21H,13-18H2,1-2H3;2-11,20-21H,12-17H2,1H3;7H,3-6,11H2,1-2H3. The minimum Gasteiger partial charge on any atom is -0.469 e. The number of benzene rings is 4. The molecule has 9 nitrogen and oxygen atoms in total. The zero-order valence-corrected chi connectivity index (χ0v) is 40.1. The van der Waals surface area contributed by atoms with Crippen LogP contribution in [0.25, 0.3) is 0 Å². The van der Waals surface area contributed by atoms with E-state index in [0.717, 1.165) is 77.5 Å². The van der Waals surface area contributed by atoms with Gasteiger partial charge in [-0.3, -0.25) is 24.2 Å². The Morgan fingerprint density at radius 2 is 0.773 bits per heavy atom. The zero-order chi connectivity index (χ0) is 46.6. The summed E-state index contributed by atoms with van der Waals surface area (Å²) < 4.78 is 14.7. The zero-order valence-electron chi connectivity index (χ0n) is 40.1. The van der Waals surface area contributed by atoms with E-state index in [-0.39, 0.29) is 34.7 Å². The third-order valence-electron chi connectivity index (χ3n) is 16.3. The lowest BCUT2D eigenvalue weighted by Crippen LogP contribution is -2.60. The predicted molar refractivity (Wildman–Crippen MR) is 258 cm³/mol. The lowest BCUT2D eigenvalue weighted by Gasteiger charge is -2.63. The van der Waals surface area contributed by atoms with E-state index in [0.29, 0.717) is 34.4 Å². The Balaban J connectivity index is 0.000000143. The van der Waals surface area contributed by atoms with Crippen molar-refractivity contribution in [2.24, 2.45) is 38.7 Å². The first-order valence-electron chi connectivity index (χ1n) is 24.3. The molecule has 0 amide bonds. The van der Waals surface area contributed by atoms with E-state index in [4.69, 9.17) is 19.9 Å². The van der Waals surface area contributed by atoms with E-state index in [1.165, 1.54) is 69.3 Å². The van der Waals surface area contributed by atoms with Gasteiger partial charge < -0.3 is 19.9 Å². The molecule has 66 heavy (non-hydrogen) atoms. The van der Waals surface area contributed by atoms with Crippen LogP contribution in [-0.2, 0) is 54.8 Å². The molecule has 3 spiro atoms. The minimum atomic E-state index is -0.261. The van der Waals surface area contributed by atoms with Crippen LogP contribution in [0.5, 0.6) is 0 Å². The molecule has 9 heteroatoms. The second kappa shape index (κ2) is 19.8. The van der Waals surface area contributed by atoms with Gasteiger partial charge >= 0.3 is 17.9 Å². The van der Waals surface area contributed by atoms with Crippen LogP contribution >= 0.6 is 0 Å². The molecular formula is C57H73N3O6. The number of nitrogens with zero attached hydrogens (tertiary/aromatic N) is 2.